The molecule has 0 spiro atoms. The molecule has 1 amide bonds. The molecule has 2 aromatic rings. The monoisotopic (exact) mass is 368 g/mol. The lowest BCUT2D eigenvalue weighted by atomic mass is 10.2. The topological polar surface area (TPSA) is 66.5 Å². The molecule has 8 heteroatoms. The largest absolute Gasteiger partial charge is 0.378 e. The first kappa shape index (κ1) is 17.4. The molecule has 6 nitrogen and oxygen atoms in total. The van der Waals surface area contributed by atoms with Gasteiger partial charge in [0.1, 0.15) is 0 Å². The van der Waals surface area contributed by atoms with Crippen LogP contribution in [0.15, 0.2) is 18.2 Å². The fourth-order valence-corrected chi connectivity index (χ4v) is 4.07. The van der Waals surface area contributed by atoms with Gasteiger partial charge in [0.15, 0.2) is 5.13 Å². The van der Waals surface area contributed by atoms with Gasteiger partial charge in [-0.1, -0.05) is 11.3 Å². The molecule has 4 rings (SSSR count). The van der Waals surface area contributed by atoms with Gasteiger partial charge < -0.3 is 20.3 Å². The van der Waals surface area contributed by atoms with E-state index in [1.165, 1.54) is 0 Å². The highest BCUT2D eigenvalue weighted by molar-refractivity contribution is 7.22. The molecule has 2 fully saturated rings. The molecule has 2 N–H and O–H groups in total. The number of thiazole rings is 1. The van der Waals surface area contributed by atoms with Crippen LogP contribution in [-0.4, -0.2) is 49.8 Å². The second-order valence-electron chi connectivity index (χ2n) is 5.92. The van der Waals surface area contributed by atoms with Crippen molar-refractivity contribution in [3.63, 3.8) is 0 Å². The number of amides is 1. The van der Waals surface area contributed by atoms with Crippen molar-refractivity contribution in [2.45, 2.75) is 18.9 Å². The molecule has 24 heavy (non-hydrogen) atoms. The highest BCUT2D eigenvalue weighted by Gasteiger charge is 2.22. The van der Waals surface area contributed by atoms with E-state index in [4.69, 9.17) is 9.72 Å². The van der Waals surface area contributed by atoms with Gasteiger partial charge in [-0.05, 0) is 37.6 Å². The lowest BCUT2D eigenvalue weighted by Gasteiger charge is -2.25. The number of halogens is 1. The molecule has 1 aromatic heterocycles. The van der Waals surface area contributed by atoms with Gasteiger partial charge in [0.25, 0.3) is 0 Å². The molecule has 3 heterocycles. The van der Waals surface area contributed by atoms with Crippen molar-refractivity contribution < 1.29 is 9.53 Å². The van der Waals surface area contributed by atoms with Crippen molar-refractivity contribution in [3.05, 3.63) is 18.2 Å². The second-order valence-corrected chi connectivity index (χ2v) is 6.93. The van der Waals surface area contributed by atoms with E-state index in [0.717, 1.165) is 66.7 Å². The first-order valence-corrected chi connectivity index (χ1v) is 8.89. The van der Waals surface area contributed by atoms with Crippen LogP contribution >= 0.6 is 23.7 Å². The average molecular weight is 369 g/mol. The summed E-state index contributed by atoms with van der Waals surface area (Å²) in [5, 5.41) is 7.26. The van der Waals surface area contributed by atoms with Crippen LogP contribution in [0, 0.1) is 0 Å². The fourth-order valence-electron chi connectivity index (χ4n) is 3.02. The van der Waals surface area contributed by atoms with Gasteiger partial charge in [0.2, 0.25) is 5.91 Å². The summed E-state index contributed by atoms with van der Waals surface area (Å²) in [5.41, 5.74) is 1.82. The molecular formula is C16H21ClN4O2S. The Morgan fingerprint density at radius 2 is 2.21 bits per heavy atom. The van der Waals surface area contributed by atoms with E-state index in [9.17, 15) is 4.79 Å². The zero-order chi connectivity index (χ0) is 15.6. The van der Waals surface area contributed by atoms with Gasteiger partial charge in [-0.25, -0.2) is 4.98 Å². The predicted octanol–water partition coefficient (Wildman–Crippen LogP) is 2.25. The van der Waals surface area contributed by atoms with E-state index < -0.39 is 0 Å². The minimum atomic E-state index is -0.0592. The third-order valence-corrected chi connectivity index (χ3v) is 5.38. The standard InChI is InChI=1S/C16H20N4O2S.ClH/c21-15(13-2-1-5-17-13)18-11-3-4-12-14(10-11)23-16(19-12)20-6-8-22-9-7-20;/h3-4,10,13,17H,1-2,5-9H2,(H,18,21);1H. The number of aromatic nitrogens is 1. The number of hydrogen-bond donors (Lipinski definition) is 2. The Hall–Kier alpha value is -1.41. The van der Waals surface area contributed by atoms with E-state index in [0.29, 0.717) is 0 Å². The summed E-state index contributed by atoms with van der Waals surface area (Å²) in [4.78, 5) is 19.2. The van der Waals surface area contributed by atoms with E-state index in [1.54, 1.807) is 11.3 Å². The third kappa shape index (κ3) is 3.64. The Kier molecular flexibility index (Phi) is 5.55. The van der Waals surface area contributed by atoms with Crippen molar-refractivity contribution in [2.24, 2.45) is 0 Å². The third-order valence-electron chi connectivity index (χ3n) is 4.30. The van der Waals surface area contributed by atoms with Crippen LogP contribution in [-0.2, 0) is 9.53 Å². The molecule has 2 aliphatic rings. The van der Waals surface area contributed by atoms with Gasteiger partial charge in [-0.3, -0.25) is 4.79 Å². The van der Waals surface area contributed by atoms with Gasteiger partial charge in [0.05, 0.1) is 29.5 Å². The summed E-state index contributed by atoms with van der Waals surface area (Å²) < 4.78 is 6.49. The molecule has 0 aliphatic carbocycles. The first-order valence-electron chi connectivity index (χ1n) is 8.07. The van der Waals surface area contributed by atoms with Crippen LogP contribution in [0.25, 0.3) is 10.2 Å². The molecule has 1 unspecified atom stereocenters. The predicted molar refractivity (Wildman–Crippen MR) is 99.6 cm³/mol. The Bertz CT molecular complexity index is 711. The van der Waals surface area contributed by atoms with Crippen molar-refractivity contribution in [2.75, 3.05) is 43.1 Å². The fraction of sp³-hybridized carbons (Fsp3) is 0.500. The number of fused-ring (bicyclic) bond motifs is 1. The number of anilines is 2. The molecule has 2 saturated heterocycles. The molecule has 1 aromatic carbocycles. The van der Waals surface area contributed by atoms with Crippen LogP contribution < -0.4 is 15.5 Å². The summed E-state index contributed by atoms with van der Waals surface area (Å²) in [6.07, 6.45) is 1.98. The molecule has 0 bridgehead atoms. The number of nitrogens with zero attached hydrogens (tertiary/aromatic N) is 2. The molecule has 2 aliphatic heterocycles. The maximum absolute atomic E-state index is 12.2. The van der Waals surface area contributed by atoms with Crippen LogP contribution in [0.3, 0.4) is 0 Å². The number of carbonyl (C=O) groups is 1. The average Bonchev–Trinajstić information content (AvgIpc) is 3.25. The maximum Gasteiger partial charge on any atom is 0.241 e. The highest BCUT2D eigenvalue weighted by Crippen LogP contribution is 2.31. The summed E-state index contributed by atoms with van der Waals surface area (Å²) in [7, 11) is 0. The zero-order valence-electron chi connectivity index (χ0n) is 13.3. The smallest absolute Gasteiger partial charge is 0.241 e. The quantitative estimate of drug-likeness (QED) is 0.869. The van der Waals surface area contributed by atoms with Crippen molar-refractivity contribution in [3.8, 4) is 0 Å². The Morgan fingerprint density at radius 3 is 2.96 bits per heavy atom. The number of ether oxygens (including phenoxy) is 1. The molecule has 0 saturated carbocycles. The van der Waals surface area contributed by atoms with Gasteiger partial charge in [-0.15, -0.1) is 12.4 Å². The summed E-state index contributed by atoms with van der Waals surface area (Å²) in [6.45, 7) is 4.21. The lowest BCUT2D eigenvalue weighted by Crippen LogP contribution is -2.36. The second kappa shape index (κ2) is 7.65. The van der Waals surface area contributed by atoms with E-state index >= 15 is 0 Å². The molecule has 130 valence electrons. The number of morpholine rings is 1. The van der Waals surface area contributed by atoms with Crippen LogP contribution in [0.1, 0.15) is 12.8 Å². The van der Waals surface area contributed by atoms with E-state index in [1.807, 2.05) is 18.2 Å². The van der Waals surface area contributed by atoms with Gasteiger partial charge in [-0.2, -0.15) is 0 Å². The minimum absolute atomic E-state index is 0. The lowest BCUT2D eigenvalue weighted by molar-refractivity contribution is -0.117. The van der Waals surface area contributed by atoms with Crippen molar-refractivity contribution >= 4 is 50.7 Å². The molecule has 1 atom stereocenters. The van der Waals surface area contributed by atoms with Crippen LogP contribution in [0.4, 0.5) is 10.8 Å². The number of rotatable bonds is 3. The maximum atomic E-state index is 12.2. The van der Waals surface area contributed by atoms with Crippen molar-refractivity contribution in [1.29, 1.82) is 0 Å². The van der Waals surface area contributed by atoms with Gasteiger partial charge in [0, 0.05) is 18.8 Å². The highest BCUT2D eigenvalue weighted by atomic mass is 35.5. The molecule has 0 radical (unpaired) electrons. The summed E-state index contributed by atoms with van der Waals surface area (Å²) in [5.74, 6) is 0.0553. The minimum Gasteiger partial charge on any atom is -0.378 e. The van der Waals surface area contributed by atoms with E-state index in [-0.39, 0.29) is 24.4 Å². The van der Waals surface area contributed by atoms with Crippen LogP contribution in [0.2, 0.25) is 0 Å². The molecular weight excluding hydrogens is 348 g/mol. The van der Waals surface area contributed by atoms with Crippen molar-refractivity contribution in [1.82, 2.24) is 10.3 Å². The Balaban J connectivity index is 0.00000169. The Labute approximate surface area is 151 Å². The number of carbonyl (C=O) groups excluding carboxylic acids is 1. The van der Waals surface area contributed by atoms with Gasteiger partial charge >= 0.3 is 0 Å². The number of nitrogens with one attached hydrogen (secondary N) is 2. The summed E-state index contributed by atoms with van der Waals surface area (Å²) in [6, 6.07) is 5.87. The van der Waals surface area contributed by atoms with Crippen LogP contribution in [0.5, 0.6) is 0 Å². The Morgan fingerprint density at radius 1 is 1.38 bits per heavy atom. The summed E-state index contributed by atoms with van der Waals surface area (Å²) >= 11 is 1.67. The SMILES string of the molecule is Cl.O=C(Nc1ccc2nc(N3CCOCC3)sc2c1)C1CCCN1. The number of benzene rings is 1. The first-order chi connectivity index (χ1) is 11.3. The normalized spacial score (nSPS) is 20.8. The zero-order valence-corrected chi connectivity index (χ0v) is 14.9. The number of hydrogen-bond acceptors (Lipinski definition) is 6. The van der Waals surface area contributed by atoms with E-state index in [2.05, 4.69) is 15.5 Å².